The Morgan fingerprint density at radius 1 is 0.636 bits per heavy atom. The van der Waals surface area contributed by atoms with Gasteiger partial charge in [-0.15, -0.1) is 0 Å². The number of halogens is 12. The molecule has 0 fully saturated rings. The van der Waals surface area contributed by atoms with Crippen molar-refractivity contribution in [2.24, 2.45) is 0 Å². The summed E-state index contributed by atoms with van der Waals surface area (Å²) in [5, 5.41) is 0. The highest BCUT2D eigenvalue weighted by atomic mass is 19.4. The van der Waals surface area contributed by atoms with Crippen LogP contribution in [0.1, 0.15) is 6.42 Å². The van der Waals surface area contributed by atoms with Crippen molar-refractivity contribution < 1.29 is 57.4 Å². The average molecular weight is 360 g/mol. The normalized spacial score (nSPS) is 15.0. The molecule has 22 heavy (non-hydrogen) atoms. The van der Waals surface area contributed by atoms with E-state index in [0.717, 1.165) is 0 Å². The van der Waals surface area contributed by atoms with Gasteiger partial charge in [0, 0.05) is 6.42 Å². The quantitative estimate of drug-likeness (QED) is 0.436. The zero-order valence-electron chi connectivity index (χ0n) is 10.2. The van der Waals surface area contributed by atoms with E-state index in [2.05, 4.69) is 4.74 Å². The van der Waals surface area contributed by atoms with Crippen LogP contribution in [-0.2, 0) is 4.74 Å². The Balaban J connectivity index is 4.56. The van der Waals surface area contributed by atoms with E-state index >= 15 is 0 Å². The topological polar surface area (TPSA) is 9.23 Å². The van der Waals surface area contributed by atoms with E-state index in [1.54, 1.807) is 0 Å². The van der Waals surface area contributed by atoms with Gasteiger partial charge in [-0.25, -0.2) is 17.6 Å². The number of hydrogen-bond donors (Lipinski definition) is 0. The molecular weight excluding hydrogens is 352 g/mol. The van der Waals surface area contributed by atoms with Gasteiger partial charge in [0.05, 0.1) is 6.61 Å². The molecule has 0 spiro atoms. The lowest BCUT2D eigenvalue weighted by Gasteiger charge is -2.27. The van der Waals surface area contributed by atoms with E-state index in [4.69, 9.17) is 0 Å². The van der Waals surface area contributed by atoms with Crippen molar-refractivity contribution in [3.63, 3.8) is 0 Å². The van der Waals surface area contributed by atoms with Crippen molar-refractivity contribution >= 4 is 0 Å². The molecule has 0 aliphatic rings. The maximum Gasteiger partial charge on any atom is 0.371 e. The number of hydrogen-bond acceptors (Lipinski definition) is 1. The van der Waals surface area contributed by atoms with Gasteiger partial charge in [0.25, 0.3) is 0 Å². The van der Waals surface area contributed by atoms with E-state index in [-0.39, 0.29) is 0 Å². The van der Waals surface area contributed by atoms with E-state index in [9.17, 15) is 52.7 Å². The zero-order valence-corrected chi connectivity index (χ0v) is 10.2. The molecule has 0 aliphatic heterocycles. The molecule has 134 valence electrons. The fraction of sp³-hybridized carbons (Fsp3) is 1.00. The second-order valence-corrected chi connectivity index (χ2v) is 4.06. The molecule has 0 atom stereocenters. The maximum atomic E-state index is 12.7. The first kappa shape index (κ1) is 21.1. The van der Waals surface area contributed by atoms with Gasteiger partial charge in [0.1, 0.15) is 6.61 Å². The summed E-state index contributed by atoms with van der Waals surface area (Å²) in [6.07, 6.45) is -11.8. The van der Waals surface area contributed by atoms with Crippen molar-refractivity contribution in [3.05, 3.63) is 0 Å². The lowest BCUT2D eigenvalue weighted by Crippen LogP contribution is -2.50. The first-order valence-electron chi connectivity index (χ1n) is 5.25. The minimum atomic E-state index is -5.84. The van der Waals surface area contributed by atoms with Crippen molar-refractivity contribution in [3.8, 4) is 0 Å². The monoisotopic (exact) mass is 360 g/mol. The van der Waals surface area contributed by atoms with Gasteiger partial charge in [0.2, 0.25) is 0 Å². The molecule has 0 radical (unpaired) electrons. The molecule has 0 aromatic rings. The van der Waals surface area contributed by atoms with Crippen molar-refractivity contribution in [1.29, 1.82) is 0 Å². The van der Waals surface area contributed by atoms with Crippen LogP contribution in [0, 0.1) is 0 Å². The van der Waals surface area contributed by atoms with Crippen molar-refractivity contribution in [2.75, 3.05) is 13.2 Å². The van der Waals surface area contributed by atoms with Crippen LogP contribution in [0.2, 0.25) is 0 Å². The van der Waals surface area contributed by atoms with Crippen LogP contribution in [0.5, 0.6) is 0 Å². The molecular formula is C9H8F12O. The fourth-order valence-electron chi connectivity index (χ4n) is 0.983. The molecule has 13 heteroatoms. The van der Waals surface area contributed by atoms with Gasteiger partial charge in [-0.05, 0) is 0 Å². The Morgan fingerprint density at radius 2 is 1.00 bits per heavy atom. The Bertz CT molecular complexity index is 319. The molecule has 0 saturated heterocycles. The standard InChI is InChI=1S/C9H8F12O/c10-4(11)8(18,19)6(14,15)1-2-22-3-7(16,17)9(20,21)5(12)13/h4-5H,1-3H2. The van der Waals surface area contributed by atoms with Crippen LogP contribution in [0.15, 0.2) is 0 Å². The lowest BCUT2D eigenvalue weighted by molar-refractivity contribution is -0.285. The van der Waals surface area contributed by atoms with Crippen LogP contribution in [0.25, 0.3) is 0 Å². The molecule has 0 bridgehead atoms. The largest absolute Gasteiger partial charge is 0.375 e. The summed E-state index contributed by atoms with van der Waals surface area (Å²) in [7, 11) is 0. The number of rotatable bonds is 9. The summed E-state index contributed by atoms with van der Waals surface area (Å²) >= 11 is 0. The Kier molecular flexibility index (Phi) is 6.44. The van der Waals surface area contributed by atoms with Crippen LogP contribution >= 0.6 is 0 Å². The highest BCUT2D eigenvalue weighted by Crippen LogP contribution is 2.42. The van der Waals surface area contributed by atoms with E-state index in [1.165, 1.54) is 0 Å². The second-order valence-electron chi connectivity index (χ2n) is 4.06. The minimum absolute atomic E-state index is 1.76. The Morgan fingerprint density at radius 3 is 1.36 bits per heavy atom. The highest BCUT2D eigenvalue weighted by molar-refractivity contribution is 4.88. The Labute approximate surface area is 115 Å². The van der Waals surface area contributed by atoms with E-state index in [1.807, 2.05) is 0 Å². The lowest BCUT2D eigenvalue weighted by atomic mass is 10.1. The maximum absolute atomic E-state index is 12.7. The van der Waals surface area contributed by atoms with Gasteiger partial charge in [-0.2, -0.15) is 35.1 Å². The SMILES string of the molecule is FC(F)C(F)(F)C(F)(F)CCOCC(F)(F)C(F)(F)C(F)F. The summed E-state index contributed by atoms with van der Waals surface area (Å²) < 4.78 is 150. The molecule has 0 unspecified atom stereocenters. The van der Waals surface area contributed by atoms with E-state index in [0.29, 0.717) is 0 Å². The van der Waals surface area contributed by atoms with E-state index < -0.39 is 56.2 Å². The van der Waals surface area contributed by atoms with Gasteiger partial charge in [-0.3, -0.25) is 0 Å². The van der Waals surface area contributed by atoms with Crippen molar-refractivity contribution in [1.82, 2.24) is 0 Å². The third-order valence-electron chi connectivity index (χ3n) is 2.37. The molecule has 0 amide bonds. The van der Waals surface area contributed by atoms with Crippen LogP contribution in [0.4, 0.5) is 52.7 Å². The van der Waals surface area contributed by atoms with Gasteiger partial charge < -0.3 is 4.74 Å². The minimum Gasteiger partial charge on any atom is -0.375 e. The molecule has 0 saturated carbocycles. The summed E-state index contributed by atoms with van der Waals surface area (Å²) in [6, 6.07) is 0. The Hall–Kier alpha value is -0.880. The van der Waals surface area contributed by atoms with Gasteiger partial charge >= 0.3 is 36.5 Å². The molecule has 0 aliphatic carbocycles. The number of alkyl halides is 12. The predicted molar refractivity (Wildman–Crippen MR) is 47.2 cm³/mol. The zero-order chi connectivity index (χ0) is 18.0. The third-order valence-corrected chi connectivity index (χ3v) is 2.37. The average Bonchev–Trinajstić information content (AvgIpc) is 2.33. The molecule has 0 aromatic carbocycles. The first-order chi connectivity index (χ1) is 9.59. The summed E-state index contributed by atoms with van der Waals surface area (Å²) in [4.78, 5) is 0. The molecule has 1 nitrogen and oxygen atoms in total. The fourth-order valence-corrected chi connectivity index (χ4v) is 0.983. The predicted octanol–water partition coefficient (Wildman–Crippen LogP) is 4.46. The summed E-state index contributed by atoms with van der Waals surface area (Å²) in [6.45, 7) is -4.25. The second kappa shape index (κ2) is 6.71. The van der Waals surface area contributed by atoms with Crippen LogP contribution < -0.4 is 0 Å². The van der Waals surface area contributed by atoms with Crippen molar-refractivity contribution in [2.45, 2.75) is 43.0 Å². The number of ether oxygens (including phenoxy) is 1. The summed E-state index contributed by atoms with van der Waals surface area (Å²) in [5.74, 6) is -22.5. The smallest absolute Gasteiger partial charge is 0.371 e. The van der Waals surface area contributed by atoms with Gasteiger partial charge in [0.15, 0.2) is 0 Å². The molecule has 0 N–H and O–H groups in total. The molecule has 0 rings (SSSR count). The third kappa shape index (κ3) is 4.32. The summed E-state index contributed by atoms with van der Waals surface area (Å²) in [5.41, 5.74) is 0. The first-order valence-corrected chi connectivity index (χ1v) is 5.25. The molecule has 0 heterocycles. The highest BCUT2D eigenvalue weighted by Gasteiger charge is 2.64. The van der Waals surface area contributed by atoms with Crippen LogP contribution in [-0.4, -0.2) is 49.8 Å². The van der Waals surface area contributed by atoms with Crippen LogP contribution in [0.3, 0.4) is 0 Å². The van der Waals surface area contributed by atoms with Gasteiger partial charge in [-0.1, -0.05) is 0 Å². The molecule has 0 aromatic heterocycles.